The van der Waals surface area contributed by atoms with Crippen molar-refractivity contribution in [1.29, 1.82) is 0 Å². The molecule has 2 heterocycles. The maximum atomic E-state index is 9.82. The monoisotopic (exact) mass is 300 g/mol. The number of aromatic hydroxyl groups is 1. The van der Waals surface area contributed by atoms with Gasteiger partial charge >= 0.3 is 0 Å². The Kier molecular flexibility index (Phi) is 5.00. The van der Waals surface area contributed by atoms with Gasteiger partial charge in [0, 0.05) is 32.5 Å². The lowest BCUT2D eigenvalue weighted by atomic mass is 10.2. The Morgan fingerprint density at radius 3 is 2.73 bits per heavy atom. The van der Waals surface area contributed by atoms with Gasteiger partial charge < -0.3 is 14.9 Å². The van der Waals surface area contributed by atoms with E-state index in [4.69, 9.17) is 0 Å². The van der Waals surface area contributed by atoms with Crippen molar-refractivity contribution >= 4 is 23.3 Å². The minimum Gasteiger partial charge on any atom is -0.493 e. The highest BCUT2D eigenvalue weighted by molar-refractivity contribution is 5.91. The van der Waals surface area contributed by atoms with Crippen LogP contribution >= 0.6 is 0 Å². The Morgan fingerprint density at radius 1 is 1.27 bits per heavy atom. The van der Waals surface area contributed by atoms with Crippen LogP contribution in [0.5, 0.6) is 5.88 Å². The molecule has 0 aromatic carbocycles. The maximum Gasteiger partial charge on any atom is 0.222 e. The van der Waals surface area contributed by atoms with E-state index < -0.39 is 0 Å². The zero-order chi connectivity index (χ0) is 16.1. The molecule has 2 rings (SSSR count). The van der Waals surface area contributed by atoms with Crippen LogP contribution in [0.25, 0.3) is 16.6 Å². The summed E-state index contributed by atoms with van der Waals surface area (Å²) in [7, 11) is 6.01. The first-order valence-electron chi connectivity index (χ1n) is 6.85. The lowest BCUT2D eigenvalue weighted by Crippen LogP contribution is -2.25. The van der Waals surface area contributed by atoms with Gasteiger partial charge in [0.1, 0.15) is 23.2 Å². The van der Waals surface area contributed by atoms with Crippen LogP contribution in [0, 0.1) is 0 Å². The molecule has 0 aliphatic carbocycles. The minimum atomic E-state index is -0.0713. The van der Waals surface area contributed by atoms with Gasteiger partial charge in [-0.3, -0.25) is 9.98 Å². The van der Waals surface area contributed by atoms with Gasteiger partial charge in [-0.1, -0.05) is 0 Å². The van der Waals surface area contributed by atoms with E-state index >= 15 is 0 Å². The molecule has 0 fully saturated rings. The third-order valence-corrected chi connectivity index (χ3v) is 3.19. The summed E-state index contributed by atoms with van der Waals surface area (Å²) in [6, 6.07) is 1.67. The molecule has 7 nitrogen and oxygen atoms in total. The van der Waals surface area contributed by atoms with Crippen molar-refractivity contribution < 1.29 is 5.11 Å². The Hall–Kier alpha value is -2.54. The predicted octanol–water partition coefficient (Wildman–Crippen LogP) is 1.22. The first kappa shape index (κ1) is 15.8. The average molecular weight is 300 g/mol. The summed E-state index contributed by atoms with van der Waals surface area (Å²) in [6.07, 6.45) is 4.77. The molecule has 0 saturated carbocycles. The summed E-state index contributed by atoms with van der Waals surface area (Å²) in [5, 5.41) is 10.4. The molecule has 0 aliphatic rings. The van der Waals surface area contributed by atoms with Crippen molar-refractivity contribution in [1.82, 2.24) is 24.8 Å². The lowest BCUT2D eigenvalue weighted by molar-refractivity contribution is 0.341. The molecular weight excluding hydrogens is 280 g/mol. The smallest absolute Gasteiger partial charge is 0.222 e. The number of nitrogens with zero attached hydrogens (tertiary/aromatic N) is 6. The van der Waals surface area contributed by atoms with E-state index in [9.17, 15) is 5.11 Å². The van der Waals surface area contributed by atoms with Gasteiger partial charge in [-0.05, 0) is 26.9 Å². The molecule has 116 valence electrons. The number of aromatic nitrogens is 3. The summed E-state index contributed by atoms with van der Waals surface area (Å²) in [5.41, 5.74) is 1.72. The quantitative estimate of drug-likeness (QED) is 0.808. The molecule has 22 heavy (non-hydrogen) atoms. The van der Waals surface area contributed by atoms with Gasteiger partial charge in [-0.2, -0.15) is 0 Å². The second-order valence-electron chi connectivity index (χ2n) is 5.21. The zero-order valence-electron chi connectivity index (χ0n) is 13.1. The number of hydrogen-bond donors (Lipinski definition) is 1. The molecule has 0 atom stereocenters. The van der Waals surface area contributed by atoms with Gasteiger partial charge in [0.05, 0.1) is 5.39 Å². The van der Waals surface area contributed by atoms with Crippen LogP contribution < -0.4 is 0 Å². The minimum absolute atomic E-state index is 0.0713. The maximum absolute atomic E-state index is 9.82. The molecule has 0 bridgehead atoms. The van der Waals surface area contributed by atoms with E-state index in [-0.39, 0.29) is 5.88 Å². The molecule has 7 heteroatoms. The molecule has 0 radical (unpaired) electrons. The number of fused-ring (bicyclic) bond motifs is 1. The first-order chi connectivity index (χ1) is 10.5. The normalized spacial score (nSPS) is 11.9. The zero-order valence-corrected chi connectivity index (χ0v) is 13.1. The third kappa shape index (κ3) is 3.56. The van der Waals surface area contributed by atoms with Crippen molar-refractivity contribution in [2.75, 3.05) is 34.2 Å². The lowest BCUT2D eigenvalue weighted by Gasteiger charge is -2.18. The molecule has 0 spiro atoms. The second kappa shape index (κ2) is 6.95. The SMILES string of the molecule is C=N/C(=C\N(C)CCN(C)C)c1nccc2c(O)ncnc12. The molecule has 1 N–H and O–H groups in total. The van der Waals surface area contributed by atoms with E-state index in [1.807, 2.05) is 32.2 Å². The van der Waals surface area contributed by atoms with E-state index in [0.29, 0.717) is 22.3 Å². The summed E-state index contributed by atoms with van der Waals surface area (Å²) in [5.74, 6) is -0.0713. The van der Waals surface area contributed by atoms with Gasteiger partial charge in [-0.15, -0.1) is 0 Å². The van der Waals surface area contributed by atoms with Crippen molar-refractivity contribution in [3.8, 4) is 5.88 Å². The highest BCUT2D eigenvalue weighted by atomic mass is 16.3. The molecule has 2 aromatic rings. The molecule has 2 aromatic heterocycles. The van der Waals surface area contributed by atoms with Crippen molar-refractivity contribution in [3.05, 3.63) is 30.5 Å². The van der Waals surface area contributed by atoms with Crippen LogP contribution in [0.4, 0.5) is 0 Å². The molecule has 0 amide bonds. The van der Waals surface area contributed by atoms with Gasteiger partial charge in [0.25, 0.3) is 0 Å². The fraction of sp³-hybridized carbons (Fsp3) is 0.333. The number of hydrogen-bond acceptors (Lipinski definition) is 7. The Balaban J connectivity index is 2.39. The molecule has 0 aliphatic heterocycles. The topological polar surface area (TPSA) is 77.7 Å². The van der Waals surface area contributed by atoms with Crippen LogP contribution in [0.2, 0.25) is 0 Å². The Labute approximate surface area is 129 Å². The largest absolute Gasteiger partial charge is 0.493 e. The highest BCUT2D eigenvalue weighted by Crippen LogP contribution is 2.26. The van der Waals surface area contributed by atoms with Gasteiger partial charge in [-0.25, -0.2) is 9.97 Å². The van der Waals surface area contributed by atoms with E-state index in [1.165, 1.54) is 6.33 Å². The van der Waals surface area contributed by atoms with Gasteiger partial charge in [0.15, 0.2) is 0 Å². The number of rotatable bonds is 6. The summed E-state index contributed by atoms with van der Waals surface area (Å²) in [6.45, 7) is 5.38. The van der Waals surface area contributed by atoms with Crippen LogP contribution in [0.15, 0.2) is 29.8 Å². The van der Waals surface area contributed by atoms with Crippen LogP contribution in [0.3, 0.4) is 0 Å². The fourth-order valence-corrected chi connectivity index (χ4v) is 1.97. The predicted molar refractivity (Wildman–Crippen MR) is 87.7 cm³/mol. The number of aliphatic imine (C=N–C) groups is 1. The second-order valence-corrected chi connectivity index (χ2v) is 5.21. The van der Waals surface area contributed by atoms with Crippen LogP contribution in [-0.2, 0) is 0 Å². The number of pyridine rings is 1. The Bertz CT molecular complexity index is 697. The third-order valence-electron chi connectivity index (χ3n) is 3.19. The summed E-state index contributed by atoms with van der Waals surface area (Å²) >= 11 is 0. The van der Waals surface area contributed by atoms with Crippen LogP contribution in [-0.4, -0.2) is 70.8 Å². The average Bonchev–Trinajstić information content (AvgIpc) is 2.51. The molecular formula is C15H20N6O. The molecule has 0 saturated heterocycles. The highest BCUT2D eigenvalue weighted by Gasteiger charge is 2.12. The molecule has 0 unspecified atom stereocenters. The summed E-state index contributed by atoms with van der Waals surface area (Å²) in [4.78, 5) is 20.5. The standard InChI is InChI=1S/C15H20N6O/c1-16-12(9-21(4)8-7-20(2)3)14-13-11(5-6-17-14)15(22)19-10-18-13/h5-6,9-10H,1,7-8H2,2-4H3,(H,18,19,22)/b12-9-. The fourth-order valence-electron chi connectivity index (χ4n) is 1.97. The number of likely N-dealkylation sites (N-methyl/N-ethyl adjacent to an activating group) is 2. The van der Waals surface area contributed by atoms with Crippen LogP contribution in [0.1, 0.15) is 5.69 Å². The first-order valence-corrected chi connectivity index (χ1v) is 6.85. The van der Waals surface area contributed by atoms with Gasteiger partial charge in [0.2, 0.25) is 5.88 Å². The summed E-state index contributed by atoms with van der Waals surface area (Å²) < 4.78 is 0. The van der Waals surface area contributed by atoms with E-state index in [0.717, 1.165) is 13.1 Å². The van der Waals surface area contributed by atoms with E-state index in [1.54, 1.807) is 12.3 Å². The Morgan fingerprint density at radius 2 is 2.05 bits per heavy atom. The van der Waals surface area contributed by atoms with Crippen molar-refractivity contribution in [2.24, 2.45) is 4.99 Å². The van der Waals surface area contributed by atoms with Crippen molar-refractivity contribution in [3.63, 3.8) is 0 Å². The van der Waals surface area contributed by atoms with E-state index in [2.05, 4.69) is 31.6 Å². The van der Waals surface area contributed by atoms with Crippen molar-refractivity contribution in [2.45, 2.75) is 0 Å².